The van der Waals surface area contributed by atoms with Crippen molar-refractivity contribution in [3.8, 4) is 0 Å². The predicted octanol–water partition coefficient (Wildman–Crippen LogP) is -0.134. The van der Waals surface area contributed by atoms with Crippen LogP contribution in [0.25, 0.3) is 0 Å². The van der Waals surface area contributed by atoms with Gasteiger partial charge in [0, 0.05) is 25.7 Å². The normalized spacial score (nSPS) is 25.3. The van der Waals surface area contributed by atoms with E-state index in [0.29, 0.717) is 23.6 Å². The topological polar surface area (TPSA) is 74.6 Å². The van der Waals surface area contributed by atoms with Gasteiger partial charge in [-0.2, -0.15) is 0 Å². The standard InChI is InChI=1S/C13H20N4O2/c1-9-6-16(10-7-19-8-10)4-5-17(9)11-2-3-12(14)15-13(11)18/h2-3,9-10H,4-8H2,1H3,(H3,14,15,18). The van der Waals surface area contributed by atoms with Crippen molar-refractivity contribution < 1.29 is 4.74 Å². The van der Waals surface area contributed by atoms with Gasteiger partial charge in [0.25, 0.3) is 5.56 Å². The number of nitrogen functional groups attached to an aromatic ring is 1. The van der Waals surface area contributed by atoms with Gasteiger partial charge in [-0.05, 0) is 19.1 Å². The van der Waals surface area contributed by atoms with Gasteiger partial charge in [-0.15, -0.1) is 0 Å². The van der Waals surface area contributed by atoms with Gasteiger partial charge in [-0.3, -0.25) is 9.69 Å². The highest BCUT2D eigenvalue weighted by Gasteiger charge is 2.32. The first-order chi connectivity index (χ1) is 9.15. The summed E-state index contributed by atoms with van der Waals surface area (Å²) in [6.45, 7) is 6.65. The molecule has 19 heavy (non-hydrogen) atoms. The van der Waals surface area contributed by atoms with Gasteiger partial charge >= 0.3 is 0 Å². The Balaban J connectivity index is 1.74. The molecular weight excluding hydrogens is 244 g/mol. The fraction of sp³-hybridized carbons (Fsp3) is 0.615. The second-order valence-electron chi connectivity index (χ2n) is 5.36. The molecule has 6 heteroatoms. The second-order valence-corrected chi connectivity index (χ2v) is 5.36. The molecule has 1 atom stereocenters. The van der Waals surface area contributed by atoms with Crippen LogP contribution in [0.2, 0.25) is 0 Å². The van der Waals surface area contributed by atoms with E-state index in [9.17, 15) is 4.79 Å². The Hall–Kier alpha value is -1.53. The Kier molecular flexibility index (Phi) is 3.20. The number of H-pyrrole nitrogens is 1. The van der Waals surface area contributed by atoms with Crippen LogP contribution in [-0.2, 0) is 4.74 Å². The van der Waals surface area contributed by atoms with E-state index in [2.05, 4.69) is 21.7 Å². The van der Waals surface area contributed by atoms with Gasteiger partial charge in [-0.25, -0.2) is 0 Å². The van der Waals surface area contributed by atoms with Crippen LogP contribution >= 0.6 is 0 Å². The first kappa shape index (κ1) is 12.5. The summed E-state index contributed by atoms with van der Waals surface area (Å²) in [6, 6.07) is 4.44. The SMILES string of the molecule is CC1CN(C2COC2)CCN1c1ccc(N)[nH]c1=O. The van der Waals surface area contributed by atoms with Gasteiger partial charge in [0.15, 0.2) is 0 Å². The zero-order valence-electron chi connectivity index (χ0n) is 11.1. The van der Waals surface area contributed by atoms with E-state index < -0.39 is 0 Å². The second kappa shape index (κ2) is 4.86. The largest absolute Gasteiger partial charge is 0.385 e. The number of nitrogens with one attached hydrogen (secondary N) is 1. The van der Waals surface area contributed by atoms with E-state index in [1.54, 1.807) is 6.07 Å². The summed E-state index contributed by atoms with van der Waals surface area (Å²) in [7, 11) is 0. The van der Waals surface area contributed by atoms with Crippen molar-refractivity contribution in [3.63, 3.8) is 0 Å². The number of pyridine rings is 1. The molecule has 104 valence electrons. The average Bonchev–Trinajstić information content (AvgIpc) is 2.28. The molecule has 0 spiro atoms. The third-order valence-corrected chi connectivity index (χ3v) is 4.02. The maximum atomic E-state index is 12.0. The maximum absolute atomic E-state index is 12.0. The van der Waals surface area contributed by atoms with Crippen LogP contribution in [0.15, 0.2) is 16.9 Å². The minimum absolute atomic E-state index is 0.104. The lowest BCUT2D eigenvalue weighted by Crippen LogP contribution is -2.60. The van der Waals surface area contributed by atoms with Crippen LogP contribution in [0.4, 0.5) is 11.5 Å². The summed E-state index contributed by atoms with van der Waals surface area (Å²) in [6.07, 6.45) is 0. The Morgan fingerprint density at radius 1 is 1.37 bits per heavy atom. The molecule has 2 aliphatic rings. The Bertz CT molecular complexity index is 512. The van der Waals surface area contributed by atoms with Crippen molar-refractivity contribution in [1.82, 2.24) is 9.88 Å². The number of nitrogens with zero attached hydrogens (tertiary/aromatic N) is 2. The Labute approximate surface area is 112 Å². The van der Waals surface area contributed by atoms with Crippen molar-refractivity contribution in [1.29, 1.82) is 0 Å². The highest BCUT2D eigenvalue weighted by atomic mass is 16.5. The number of hydrogen-bond donors (Lipinski definition) is 2. The highest BCUT2D eigenvalue weighted by molar-refractivity contribution is 5.49. The van der Waals surface area contributed by atoms with Crippen molar-refractivity contribution in [2.24, 2.45) is 0 Å². The minimum Gasteiger partial charge on any atom is -0.385 e. The molecule has 6 nitrogen and oxygen atoms in total. The van der Waals surface area contributed by atoms with Crippen molar-refractivity contribution in [2.75, 3.05) is 43.5 Å². The maximum Gasteiger partial charge on any atom is 0.273 e. The van der Waals surface area contributed by atoms with Crippen LogP contribution < -0.4 is 16.2 Å². The average molecular weight is 264 g/mol. The molecule has 2 saturated heterocycles. The molecular formula is C13H20N4O2. The van der Waals surface area contributed by atoms with Crippen LogP contribution in [0.5, 0.6) is 0 Å². The zero-order valence-corrected chi connectivity index (χ0v) is 11.1. The number of anilines is 2. The van der Waals surface area contributed by atoms with Gasteiger partial charge in [0.05, 0.1) is 19.3 Å². The Morgan fingerprint density at radius 3 is 2.74 bits per heavy atom. The fourth-order valence-corrected chi connectivity index (χ4v) is 2.82. The van der Waals surface area contributed by atoms with Gasteiger partial charge < -0.3 is 20.4 Å². The van der Waals surface area contributed by atoms with E-state index >= 15 is 0 Å². The van der Waals surface area contributed by atoms with Crippen LogP contribution in [0, 0.1) is 0 Å². The van der Waals surface area contributed by atoms with E-state index in [1.807, 2.05) is 6.07 Å². The molecule has 3 N–H and O–H groups in total. The van der Waals surface area contributed by atoms with Crippen LogP contribution in [0.3, 0.4) is 0 Å². The number of aromatic amines is 1. The number of rotatable bonds is 2. The molecule has 0 amide bonds. The van der Waals surface area contributed by atoms with Gasteiger partial charge in [0.1, 0.15) is 11.5 Å². The summed E-state index contributed by atoms with van der Waals surface area (Å²) < 4.78 is 5.24. The molecule has 0 radical (unpaired) electrons. The van der Waals surface area contributed by atoms with E-state index in [1.165, 1.54) is 0 Å². The van der Waals surface area contributed by atoms with Crippen LogP contribution in [0.1, 0.15) is 6.92 Å². The van der Waals surface area contributed by atoms with Crippen molar-refractivity contribution in [2.45, 2.75) is 19.0 Å². The number of hydrogen-bond acceptors (Lipinski definition) is 5. The highest BCUT2D eigenvalue weighted by Crippen LogP contribution is 2.20. The summed E-state index contributed by atoms with van der Waals surface area (Å²) in [4.78, 5) is 19.2. The minimum atomic E-state index is -0.104. The summed E-state index contributed by atoms with van der Waals surface area (Å²) in [5.41, 5.74) is 6.19. The molecule has 0 aliphatic carbocycles. The molecule has 0 aromatic carbocycles. The first-order valence-corrected chi connectivity index (χ1v) is 6.72. The summed E-state index contributed by atoms with van der Waals surface area (Å²) >= 11 is 0. The number of aromatic nitrogens is 1. The molecule has 2 aliphatic heterocycles. The molecule has 0 bridgehead atoms. The molecule has 3 rings (SSSR count). The molecule has 0 saturated carbocycles. The van der Waals surface area contributed by atoms with E-state index in [4.69, 9.17) is 10.5 Å². The summed E-state index contributed by atoms with van der Waals surface area (Å²) in [5.74, 6) is 0.409. The number of ether oxygens (including phenoxy) is 1. The molecule has 2 fully saturated rings. The first-order valence-electron chi connectivity index (χ1n) is 6.72. The lowest BCUT2D eigenvalue weighted by Gasteiger charge is -2.46. The number of piperazine rings is 1. The lowest BCUT2D eigenvalue weighted by molar-refractivity contribution is -0.0691. The molecule has 1 aromatic heterocycles. The Morgan fingerprint density at radius 2 is 2.16 bits per heavy atom. The van der Waals surface area contributed by atoms with Gasteiger partial charge in [0.2, 0.25) is 0 Å². The van der Waals surface area contributed by atoms with E-state index in [0.717, 1.165) is 32.8 Å². The van der Waals surface area contributed by atoms with E-state index in [-0.39, 0.29) is 5.56 Å². The van der Waals surface area contributed by atoms with Crippen molar-refractivity contribution in [3.05, 3.63) is 22.5 Å². The molecule has 3 heterocycles. The van der Waals surface area contributed by atoms with Crippen molar-refractivity contribution >= 4 is 11.5 Å². The summed E-state index contributed by atoms with van der Waals surface area (Å²) in [5, 5.41) is 0. The predicted molar refractivity (Wildman–Crippen MR) is 74.5 cm³/mol. The lowest BCUT2D eigenvalue weighted by atomic mass is 10.1. The molecule has 1 aromatic rings. The third kappa shape index (κ3) is 2.33. The monoisotopic (exact) mass is 264 g/mol. The third-order valence-electron chi connectivity index (χ3n) is 4.02. The van der Waals surface area contributed by atoms with Crippen LogP contribution in [-0.4, -0.2) is 54.8 Å². The van der Waals surface area contributed by atoms with Gasteiger partial charge in [-0.1, -0.05) is 0 Å². The number of nitrogens with two attached hydrogens (primary N) is 1. The zero-order chi connectivity index (χ0) is 13.4. The fourth-order valence-electron chi connectivity index (χ4n) is 2.82. The molecule has 1 unspecified atom stereocenters. The smallest absolute Gasteiger partial charge is 0.273 e. The quantitative estimate of drug-likeness (QED) is 0.778.